The second kappa shape index (κ2) is 7.24. The highest BCUT2D eigenvalue weighted by atomic mass is 15.3. The molecule has 0 radical (unpaired) electrons. The lowest BCUT2D eigenvalue weighted by Crippen LogP contribution is -2.50. The average molecular weight is 317 g/mol. The Morgan fingerprint density at radius 3 is 2.39 bits per heavy atom. The molecule has 2 fully saturated rings. The molecule has 2 aliphatic rings. The van der Waals surface area contributed by atoms with Crippen LogP contribution in [0.5, 0.6) is 0 Å². The van der Waals surface area contributed by atoms with Crippen molar-refractivity contribution in [1.82, 2.24) is 24.7 Å². The Bertz CT molecular complexity index is 475. The minimum absolute atomic E-state index is 0.372. The van der Waals surface area contributed by atoms with Crippen LogP contribution in [0.2, 0.25) is 0 Å². The summed E-state index contributed by atoms with van der Waals surface area (Å²) in [7, 11) is 2.23. The second-order valence-corrected chi connectivity index (χ2v) is 7.73. The van der Waals surface area contributed by atoms with Gasteiger partial charge in [-0.1, -0.05) is 6.92 Å². The molecule has 3 rings (SSSR count). The Kier molecular flexibility index (Phi) is 5.29. The minimum Gasteiger partial charge on any atom is -0.304 e. The molecular formula is C18H31N5. The Morgan fingerprint density at radius 1 is 1.09 bits per heavy atom. The first-order valence-corrected chi connectivity index (χ1v) is 8.97. The van der Waals surface area contributed by atoms with Crippen molar-refractivity contribution in [2.45, 2.75) is 32.7 Å². The molecule has 0 saturated carbocycles. The van der Waals surface area contributed by atoms with E-state index in [9.17, 15) is 0 Å². The zero-order valence-electron chi connectivity index (χ0n) is 14.9. The first-order chi connectivity index (χ1) is 11.1. The fourth-order valence-electron chi connectivity index (χ4n) is 3.87. The third-order valence-corrected chi connectivity index (χ3v) is 5.77. The summed E-state index contributed by atoms with van der Waals surface area (Å²) in [6.07, 6.45) is 8.02. The van der Waals surface area contributed by atoms with E-state index in [-0.39, 0.29) is 0 Å². The summed E-state index contributed by atoms with van der Waals surface area (Å²) in [5.41, 5.74) is 1.56. The predicted octanol–water partition coefficient (Wildman–Crippen LogP) is 1.89. The smallest absolute Gasteiger partial charge is 0.0755 e. The molecule has 2 aliphatic heterocycles. The number of rotatable bonds is 4. The van der Waals surface area contributed by atoms with Gasteiger partial charge in [-0.2, -0.15) is 0 Å². The molecular weight excluding hydrogens is 286 g/mol. The van der Waals surface area contributed by atoms with Crippen LogP contribution in [-0.2, 0) is 0 Å². The van der Waals surface area contributed by atoms with Crippen molar-refractivity contribution < 1.29 is 0 Å². The van der Waals surface area contributed by atoms with Crippen molar-refractivity contribution in [3.8, 4) is 0 Å². The Labute approximate surface area is 140 Å². The highest BCUT2D eigenvalue weighted by Gasteiger charge is 2.34. The van der Waals surface area contributed by atoms with E-state index in [1.807, 2.05) is 6.20 Å². The van der Waals surface area contributed by atoms with E-state index in [1.54, 1.807) is 12.4 Å². The van der Waals surface area contributed by atoms with Gasteiger partial charge in [0.1, 0.15) is 0 Å². The molecule has 0 N–H and O–H groups in total. The fourth-order valence-corrected chi connectivity index (χ4v) is 3.87. The standard InChI is InChI=1S/C18H31N5/c1-16(17-14-19-6-7-20-17)23-8-4-18(2,5-9-23)15-22-12-10-21(3)11-13-22/h6-7,14,16H,4-5,8-13,15H2,1-3H3/t16-/m1/s1. The van der Waals surface area contributed by atoms with Crippen molar-refractivity contribution in [1.29, 1.82) is 0 Å². The summed E-state index contributed by atoms with van der Waals surface area (Å²) in [6.45, 7) is 13.2. The molecule has 5 heteroatoms. The summed E-state index contributed by atoms with van der Waals surface area (Å²) in [6, 6.07) is 0.372. The molecule has 0 spiro atoms. The quantitative estimate of drug-likeness (QED) is 0.847. The monoisotopic (exact) mass is 317 g/mol. The fraction of sp³-hybridized carbons (Fsp3) is 0.778. The number of aromatic nitrogens is 2. The minimum atomic E-state index is 0.372. The summed E-state index contributed by atoms with van der Waals surface area (Å²) < 4.78 is 0. The number of hydrogen-bond acceptors (Lipinski definition) is 5. The molecule has 1 atom stereocenters. The van der Waals surface area contributed by atoms with Gasteiger partial charge >= 0.3 is 0 Å². The van der Waals surface area contributed by atoms with E-state index in [2.05, 4.69) is 45.6 Å². The predicted molar refractivity (Wildman–Crippen MR) is 93.3 cm³/mol. The van der Waals surface area contributed by atoms with Gasteiger partial charge in [0.05, 0.1) is 11.7 Å². The molecule has 2 saturated heterocycles. The molecule has 1 aromatic rings. The third kappa shape index (κ3) is 4.28. The molecule has 0 bridgehead atoms. The maximum atomic E-state index is 4.47. The zero-order valence-corrected chi connectivity index (χ0v) is 14.9. The van der Waals surface area contributed by atoms with Gasteiger partial charge in [-0.05, 0) is 45.3 Å². The van der Waals surface area contributed by atoms with E-state index in [4.69, 9.17) is 0 Å². The van der Waals surface area contributed by atoms with Gasteiger partial charge in [0, 0.05) is 51.3 Å². The van der Waals surface area contributed by atoms with Gasteiger partial charge in [-0.3, -0.25) is 14.9 Å². The molecule has 0 unspecified atom stereocenters. The highest BCUT2D eigenvalue weighted by molar-refractivity contribution is 5.02. The summed E-state index contributed by atoms with van der Waals surface area (Å²) >= 11 is 0. The Hall–Kier alpha value is -1.04. The summed E-state index contributed by atoms with van der Waals surface area (Å²) in [5.74, 6) is 0. The van der Waals surface area contributed by atoms with Gasteiger partial charge in [0.15, 0.2) is 0 Å². The van der Waals surface area contributed by atoms with Crippen LogP contribution >= 0.6 is 0 Å². The number of likely N-dealkylation sites (tertiary alicyclic amines) is 1. The molecule has 0 amide bonds. The van der Waals surface area contributed by atoms with Crippen LogP contribution in [0.15, 0.2) is 18.6 Å². The normalized spacial score (nSPS) is 25.3. The lowest BCUT2D eigenvalue weighted by atomic mass is 9.79. The topological polar surface area (TPSA) is 35.5 Å². The Balaban J connectivity index is 1.51. The van der Waals surface area contributed by atoms with Gasteiger partial charge in [-0.15, -0.1) is 0 Å². The maximum absolute atomic E-state index is 4.47. The van der Waals surface area contributed by atoms with Crippen LogP contribution in [0.25, 0.3) is 0 Å². The third-order valence-electron chi connectivity index (χ3n) is 5.77. The molecule has 3 heterocycles. The van der Waals surface area contributed by atoms with Gasteiger partial charge in [-0.25, -0.2) is 0 Å². The lowest BCUT2D eigenvalue weighted by Gasteiger charge is -2.45. The van der Waals surface area contributed by atoms with Gasteiger partial charge in [0.2, 0.25) is 0 Å². The highest BCUT2D eigenvalue weighted by Crippen LogP contribution is 2.35. The van der Waals surface area contributed by atoms with Crippen LogP contribution in [0.3, 0.4) is 0 Å². The van der Waals surface area contributed by atoms with Crippen LogP contribution in [0, 0.1) is 5.41 Å². The SMILES string of the molecule is C[C@H](c1cnccn1)N1CCC(C)(CN2CCN(C)CC2)CC1. The number of hydrogen-bond donors (Lipinski definition) is 0. The van der Waals surface area contributed by atoms with Crippen molar-refractivity contribution in [3.05, 3.63) is 24.3 Å². The van der Waals surface area contributed by atoms with E-state index < -0.39 is 0 Å². The second-order valence-electron chi connectivity index (χ2n) is 7.73. The summed E-state index contributed by atoms with van der Waals surface area (Å²) in [4.78, 5) is 16.4. The molecule has 1 aromatic heterocycles. The van der Waals surface area contributed by atoms with Crippen LogP contribution < -0.4 is 0 Å². The number of piperidine rings is 1. The maximum Gasteiger partial charge on any atom is 0.0755 e. The van der Waals surface area contributed by atoms with Crippen LogP contribution in [0.1, 0.15) is 38.4 Å². The first kappa shape index (κ1) is 16.8. The molecule has 0 aromatic carbocycles. The van der Waals surface area contributed by atoms with Crippen LogP contribution in [0.4, 0.5) is 0 Å². The van der Waals surface area contributed by atoms with Crippen molar-refractivity contribution >= 4 is 0 Å². The van der Waals surface area contributed by atoms with Crippen molar-refractivity contribution in [3.63, 3.8) is 0 Å². The van der Waals surface area contributed by atoms with E-state index in [0.717, 1.165) is 5.69 Å². The van der Waals surface area contributed by atoms with E-state index in [1.165, 1.54) is 58.7 Å². The van der Waals surface area contributed by atoms with Crippen LogP contribution in [-0.4, -0.2) is 77.5 Å². The zero-order chi connectivity index (χ0) is 16.3. The first-order valence-electron chi connectivity index (χ1n) is 8.97. The van der Waals surface area contributed by atoms with Gasteiger partial charge < -0.3 is 9.80 Å². The van der Waals surface area contributed by atoms with Crippen molar-refractivity contribution in [2.24, 2.45) is 5.41 Å². The molecule has 0 aliphatic carbocycles. The van der Waals surface area contributed by atoms with Gasteiger partial charge in [0.25, 0.3) is 0 Å². The average Bonchev–Trinajstić information content (AvgIpc) is 2.58. The summed E-state index contributed by atoms with van der Waals surface area (Å²) in [5, 5.41) is 0. The van der Waals surface area contributed by atoms with Crippen molar-refractivity contribution in [2.75, 3.05) is 52.9 Å². The molecule has 23 heavy (non-hydrogen) atoms. The molecule has 5 nitrogen and oxygen atoms in total. The van der Waals surface area contributed by atoms with E-state index in [0.29, 0.717) is 11.5 Å². The molecule has 128 valence electrons. The number of piperazine rings is 1. The Morgan fingerprint density at radius 2 is 1.78 bits per heavy atom. The van der Waals surface area contributed by atoms with E-state index >= 15 is 0 Å². The number of nitrogens with zero attached hydrogens (tertiary/aromatic N) is 5. The lowest BCUT2D eigenvalue weighted by molar-refractivity contribution is 0.0409. The number of likely N-dealkylation sites (N-methyl/N-ethyl adjacent to an activating group) is 1. The largest absolute Gasteiger partial charge is 0.304 e.